The van der Waals surface area contributed by atoms with Crippen molar-refractivity contribution in [3.05, 3.63) is 24.3 Å². The van der Waals surface area contributed by atoms with Gasteiger partial charge in [0.2, 0.25) is 11.5 Å². The predicted octanol–water partition coefficient (Wildman–Crippen LogP) is 3.01. The molecule has 0 aliphatic heterocycles. The van der Waals surface area contributed by atoms with Crippen LogP contribution in [0.5, 0.6) is 23.0 Å². The molecule has 4 nitrogen and oxygen atoms in total. The summed E-state index contributed by atoms with van der Waals surface area (Å²) >= 11 is 0. The average molecular weight is 233 g/mol. The van der Waals surface area contributed by atoms with Gasteiger partial charge in [0.25, 0.3) is 0 Å². The standard InChI is InChI=1S/C13H13O4/c1-15-9-4-5-10-8(6-9)7-11(16-2)13(17-3)12(10)14/h4-7H,1-3H3. The van der Waals surface area contributed by atoms with Gasteiger partial charge in [0, 0.05) is 5.39 Å². The Morgan fingerprint density at radius 1 is 0.941 bits per heavy atom. The van der Waals surface area contributed by atoms with Crippen LogP contribution in [-0.4, -0.2) is 21.3 Å². The topological polar surface area (TPSA) is 47.6 Å². The van der Waals surface area contributed by atoms with Crippen molar-refractivity contribution in [2.24, 2.45) is 0 Å². The molecule has 0 spiro atoms. The Bertz CT molecular complexity index is 549. The first kappa shape index (κ1) is 11.4. The highest BCUT2D eigenvalue weighted by molar-refractivity contribution is 5.93. The van der Waals surface area contributed by atoms with E-state index < -0.39 is 0 Å². The van der Waals surface area contributed by atoms with E-state index in [2.05, 4.69) is 0 Å². The van der Waals surface area contributed by atoms with Gasteiger partial charge in [-0.05, 0) is 29.7 Å². The van der Waals surface area contributed by atoms with E-state index in [0.717, 1.165) is 5.39 Å². The minimum Gasteiger partial charge on any atom is -0.497 e. The summed E-state index contributed by atoms with van der Waals surface area (Å²) in [5.74, 6) is 1.18. The molecule has 0 fully saturated rings. The second-order valence-electron chi connectivity index (χ2n) is 3.53. The molecule has 2 aromatic carbocycles. The highest BCUT2D eigenvalue weighted by atomic mass is 16.5. The van der Waals surface area contributed by atoms with Crippen LogP contribution in [0.2, 0.25) is 0 Å². The maximum atomic E-state index is 12.1. The number of ether oxygens (including phenoxy) is 3. The van der Waals surface area contributed by atoms with E-state index in [1.165, 1.54) is 14.2 Å². The van der Waals surface area contributed by atoms with Crippen LogP contribution in [-0.2, 0) is 5.11 Å². The fourth-order valence-corrected chi connectivity index (χ4v) is 1.78. The van der Waals surface area contributed by atoms with Crippen molar-refractivity contribution in [3.63, 3.8) is 0 Å². The van der Waals surface area contributed by atoms with Gasteiger partial charge in [-0.15, -0.1) is 0 Å². The summed E-state index contributed by atoms with van der Waals surface area (Å²) < 4.78 is 15.3. The van der Waals surface area contributed by atoms with E-state index in [9.17, 15) is 5.11 Å². The highest BCUT2D eigenvalue weighted by Gasteiger charge is 2.16. The summed E-state index contributed by atoms with van der Waals surface area (Å²) in [5, 5.41) is 13.4. The Kier molecular flexibility index (Phi) is 2.95. The molecule has 4 heteroatoms. The minimum absolute atomic E-state index is 0.176. The Hall–Kier alpha value is -2.10. The van der Waals surface area contributed by atoms with Gasteiger partial charge in [0.15, 0.2) is 5.75 Å². The van der Waals surface area contributed by atoms with Crippen LogP contribution in [0.15, 0.2) is 24.3 Å². The molecule has 0 N–H and O–H groups in total. The number of methoxy groups -OCH3 is 3. The van der Waals surface area contributed by atoms with Crippen molar-refractivity contribution < 1.29 is 19.3 Å². The SMILES string of the molecule is COc1ccc2c([O])c(OC)c(OC)cc2c1. The predicted molar refractivity (Wildman–Crippen MR) is 63.7 cm³/mol. The summed E-state index contributed by atoms with van der Waals surface area (Å²) in [5.41, 5.74) is 0. The molecule has 17 heavy (non-hydrogen) atoms. The molecule has 0 bridgehead atoms. The molecule has 0 aromatic heterocycles. The lowest BCUT2D eigenvalue weighted by Gasteiger charge is -2.11. The first-order chi connectivity index (χ1) is 8.21. The second kappa shape index (κ2) is 4.41. The van der Waals surface area contributed by atoms with Gasteiger partial charge in [0.1, 0.15) is 5.75 Å². The summed E-state index contributed by atoms with van der Waals surface area (Å²) in [7, 11) is 4.54. The van der Waals surface area contributed by atoms with Crippen molar-refractivity contribution in [2.45, 2.75) is 0 Å². The van der Waals surface area contributed by atoms with Crippen LogP contribution in [0.25, 0.3) is 10.8 Å². The fraction of sp³-hybridized carbons (Fsp3) is 0.231. The van der Waals surface area contributed by atoms with Gasteiger partial charge in [-0.1, -0.05) is 0 Å². The number of rotatable bonds is 3. The molecule has 2 rings (SSSR count). The van der Waals surface area contributed by atoms with E-state index in [0.29, 0.717) is 16.9 Å². The van der Waals surface area contributed by atoms with Crippen LogP contribution in [0.1, 0.15) is 0 Å². The summed E-state index contributed by atoms with van der Waals surface area (Å²) in [6.07, 6.45) is 0. The van der Waals surface area contributed by atoms with Gasteiger partial charge in [-0.25, -0.2) is 0 Å². The first-order valence-electron chi connectivity index (χ1n) is 5.11. The fourth-order valence-electron chi connectivity index (χ4n) is 1.78. The maximum Gasteiger partial charge on any atom is 0.232 e. The molecular weight excluding hydrogens is 220 g/mol. The molecule has 89 valence electrons. The lowest BCUT2D eigenvalue weighted by molar-refractivity contribution is 0.302. The van der Waals surface area contributed by atoms with Gasteiger partial charge in [-0.3, -0.25) is 5.11 Å². The first-order valence-corrected chi connectivity index (χ1v) is 5.11. The lowest BCUT2D eigenvalue weighted by Crippen LogP contribution is -1.91. The van der Waals surface area contributed by atoms with E-state index in [-0.39, 0.29) is 11.5 Å². The molecule has 0 heterocycles. The highest BCUT2D eigenvalue weighted by Crippen LogP contribution is 2.43. The van der Waals surface area contributed by atoms with Crippen molar-refractivity contribution >= 4 is 10.8 Å². The van der Waals surface area contributed by atoms with Crippen molar-refractivity contribution in [3.8, 4) is 23.0 Å². The average Bonchev–Trinajstić information content (AvgIpc) is 2.37. The third-order valence-electron chi connectivity index (χ3n) is 2.64. The van der Waals surface area contributed by atoms with Crippen LogP contribution in [0, 0.1) is 0 Å². The van der Waals surface area contributed by atoms with Crippen LogP contribution in [0.4, 0.5) is 0 Å². The van der Waals surface area contributed by atoms with E-state index in [1.807, 2.05) is 0 Å². The molecule has 1 radical (unpaired) electrons. The molecule has 2 aromatic rings. The van der Waals surface area contributed by atoms with Crippen LogP contribution in [0.3, 0.4) is 0 Å². The molecule has 0 amide bonds. The van der Waals surface area contributed by atoms with E-state index in [4.69, 9.17) is 14.2 Å². The van der Waals surface area contributed by atoms with Gasteiger partial charge >= 0.3 is 0 Å². The van der Waals surface area contributed by atoms with Crippen molar-refractivity contribution in [2.75, 3.05) is 21.3 Å². The van der Waals surface area contributed by atoms with Gasteiger partial charge < -0.3 is 14.2 Å². The largest absolute Gasteiger partial charge is 0.497 e. The number of hydrogen-bond acceptors (Lipinski definition) is 3. The molecule has 0 unspecified atom stereocenters. The van der Waals surface area contributed by atoms with Crippen LogP contribution < -0.4 is 14.2 Å². The summed E-state index contributed by atoms with van der Waals surface area (Å²) in [6.45, 7) is 0. The minimum atomic E-state index is -0.176. The quantitative estimate of drug-likeness (QED) is 0.818. The Labute approximate surface area is 99.3 Å². The second-order valence-corrected chi connectivity index (χ2v) is 3.53. The van der Waals surface area contributed by atoms with Crippen molar-refractivity contribution in [1.82, 2.24) is 0 Å². The zero-order valence-corrected chi connectivity index (χ0v) is 9.94. The summed E-state index contributed by atoms with van der Waals surface area (Å²) in [6, 6.07) is 7.02. The smallest absolute Gasteiger partial charge is 0.232 e. The Morgan fingerprint density at radius 3 is 2.29 bits per heavy atom. The maximum absolute atomic E-state index is 12.1. The molecule has 0 aliphatic rings. The third-order valence-corrected chi connectivity index (χ3v) is 2.64. The number of fused-ring (bicyclic) bond motifs is 1. The normalized spacial score (nSPS) is 10.3. The molecule has 0 saturated carbocycles. The zero-order valence-electron chi connectivity index (χ0n) is 9.94. The Balaban J connectivity index is 2.75. The molecule has 0 aliphatic carbocycles. The van der Waals surface area contributed by atoms with E-state index >= 15 is 0 Å². The van der Waals surface area contributed by atoms with Crippen LogP contribution >= 0.6 is 0 Å². The van der Waals surface area contributed by atoms with E-state index in [1.54, 1.807) is 31.4 Å². The lowest BCUT2D eigenvalue weighted by atomic mass is 10.1. The van der Waals surface area contributed by atoms with Gasteiger partial charge in [-0.2, -0.15) is 0 Å². The molecular formula is C13H13O4. The monoisotopic (exact) mass is 233 g/mol. The summed E-state index contributed by atoms with van der Waals surface area (Å²) in [4.78, 5) is 0. The molecule has 0 saturated heterocycles. The number of hydrogen-bond donors (Lipinski definition) is 0. The van der Waals surface area contributed by atoms with Crippen molar-refractivity contribution in [1.29, 1.82) is 0 Å². The third kappa shape index (κ3) is 1.82. The Morgan fingerprint density at radius 2 is 1.71 bits per heavy atom. The number of benzene rings is 2. The zero-order chi connectivity index (χ0) is 12.4. The van der Waals surface area contributed by atoms with Gasteiger partial charge in [0.05, 0.1) is 21.3 Å². The molecule has 0 atom stereocenters.